The zero-order valence-corrected chi connectivity index (χ0v) is 15.1. The van der Waals surface area contributed by atoms with Crippen LogP contribution in [-0.4, -0.2) is 34.8 Å². The molecule has 4 nitrogen and oxygen atoms in total. The summed E-state index contributed by atoms with van der Waals surface area (Å²) < 4.78 is 2.21. The zero-order valence-electron chi connectivity index (χ0n) is 15.1. The lowest BCUT2D eigenvalue weighted by molar-refractivity contribution is -0.115. The van der Waals surface area contributed by atoms with Gasteiger partial charge in [-0.05, 0) is 31.9 Å². The van der Waals surface area contributed by atoms with E-state index in [1.165, 1.54) is 27.3 Å². The lowest BCUT2D eigenvalue weighted by atomic mass is 10.1. The number of hydrogen-bond acceptors (Lipinski definition) is 2. The summed E-state index contributed by atoms with van der Waals surface area (Å²) in [6, 6.07) is 12.8. The Morgan fingerprint density at radius 2 is 1.62 bits per heavy atom. The lowest BCUT2D eigenvalue weighted by Gasteiger charge is -2.03. The third kappa shape index (κ3) is 4.02. The van der Waals surface area contributed by atoms with Crippen LogP contribution in [0.4, 0.5) is 0 Å². The maximum absolute atomic E-state index is 9.43. The summed E-state index contributed by atoms with van der Waals surface area (Å²) in [7, 11) is 3.38. The molecule has 0 aliphatic carbocycles. The molecule has 4 heteroatoms. The van der Waals surface area contributed by atoms with Crippen LogP contribution in [0.2, 0.25) is 0 Å². The molecule has 3 rings (SSSR count). The standard InChI is InChI=1S/C17H18N2.C3H7NO/c1-4-15-17(14-8-5-12(2)6-9-14)18-16-10-7-13(3)11-19(15)16;1-4(2)3-5/h5-11H,4H2,1-3H3;3H,1-2H3. The number of pyridine rings is 1. The van der Waals surface area contributed by atoms with Crippen molar-refractivity contribution in [1.82, 2.24) is 14.3 Å². The molecule has 3 aromatic rings. The number of imidazole rings is 1. The number of fused-ring (bicyclic) bond motifs is 1. The topological polar surface area (TPSA) is 37.6 Å². The molecule has 0 radical (unpaired) electrons. The fraction of sp³-hybridized carbons (Fsp3) is 0.300. The molecule has 0 aliphatic rings. The first-order valence-corrected chi connectivity index (χ1v) is 8.12. The quantitative estimate of drug-likeness (QED) is 0.686. The molecule has 0 aliphatic heterocycles. The Kier molecular flexibility index (Phi) is 5.74. The third-order valence-electron chi connectivity index (χ3n) is 3.74. The van der Waals surface area contributed by atoms with Crippen LogP contribution >= 0.6 is 0 Å². The first-order valence-electron chi connectivity index (χ1n) is 8.12. The summed E-state index contributed by atoms with van der Waals surface area (Å²) in [6.45, 7) is 6.41. The van der Waals surface area contributed by atoms with Gasteiger partial charge in [-0.15, -0.1) is 0 Å². The molecule has 0 fully saturated rings. The fourth-order valence-electron chi connectivity index (χ4n) is 2.48. The normalized spacial score (nSPS) is 10.2. The number of benzene rings is 1. The van der Waals surface area contributed by atoms with E-state index in [0.29, 0.717) is 0 Å². The maximum Gasteiger partial charge on any atom is 0.209 e. The minimum atomic E-state index is 0.750. The van der Waals surface area contributed by atoms with Crippen molar-refractivity contribution in [3.63, 3.8) is 0 Å². The number of nitrogens with zero attached hydrogens (tertiary/aromatic N) is 3. The lowest BCUT2D eigenvalue weighted by Crippen LogP contribution is -2.06. The van der Waals surface area contributed by atoms with E-state index >= 15 is 0 Å². The van der Waals surface area contributed by atoms with Gasteiger partial charge in [-0.2, -0.15) is 0 Å². The maximum atomic E-state index is 9.43. The number of carbonyl (C=O) groups excluding carboxylic acids is 1. The highest BCUT2D eigenvalue weighted by Crippen LogP contribution is 2.25. The summed E-state index contributed by atoms with van der Waals surface area (Å²) in [5.74, 6) is 0. The van der Waals surface area contributed by atoms with Crippen LogP contribution in [0.5, 0.6) is 0 Å². The Morgan fingerprint density at radius 3 is 2.17 bits per heavy atom. The van der Waals surface area contributed by atoms with E-state index in [-0.39, 0.29) is 0 Å². The fourth-order valence-corrected chi connectivity index (χ4v) is 2.48. The van der Waals surface area contributed by atoms with Crippen molar-refractivity contribution in [3.8, 4) is 11.3 Å². The van der Waals surface area contributed by atoms with E-state index in [4.69, 9.17) is 4.98 Å². The van der Waals surface area contributed by atoms with Gasteiger partial charge in [0, 0.05) is 25.9 Å². The second-order valence-electron chi connectivity index (χ2n) is 6.13. The number of carbonyl (C=O) groups is 1. The van der Waals surface area contributed by atoms with Crippen molar-refractivity contribution >= 4 is 12.1 Å². The Bertz CT molecular complexity index is 817. The van der Waals surface area contributed by atoms with Gasteiger partial charge in [-0.25, -0.2) is 4.98 Å². The van der Waals surface area contributed by atoms with Gasteiger partial charge >= 0.3 is 0 Å². The first-order chi connectivity index (χ1) is 11.5. The van der Waals surface area contributed by atoms with Crippen molar-refractivity contribution in [2.24, 2.45) is 0 Å². The largest absolute Gasteiger partial charge is 0.351 e. The first kappa shape index (κ1) is 17.7. The van der Waals surface area contributed by atoms with Crippen LogP contribution < -0.4 is 0 Å². The highest BCUT2D eigenvalue weighted by atomic mass is 16.1. The predicted octanol–water partition coefficient (Wildman–Crippen LogP) is 3.88. The van der Waals surface area contributed by atoms with Gasteiger partial charge in [0.2, 0.25) is 6.41 Å². The molecule has 24 heavy (non-hydrogen) atoms. The summed E-state index contributed by atoms with van der Waals surface area (Å²) in [5, 5.41) is 0. The Morgan fingerprint density at radius 1 is 1.04 bits per heavy atom. The number of aryl methyl sites for hydroxylation is 3. The van der Waals surface area contributed by atoms with E-state index in [9.17, 15) is 4.79 Å². The minimum Gasteiger partial charge on any atom is -0.351 e. The molecule has 2 aromatic heterocycles. The van der Waals surface area contributed by atoms with E-state index < -0.39 is 0 Å². The molecule has 0 N–H and O–H groups in total. The van der Waals surface area contributed by atoms with Crippen molar-refractivity contribution in [2.45, 2.75) is 27.2 Å². The van der Waals surface area contributed by atoms with Crippen LogP contribution in [-0.2, 0) is 11.2 Å². The molecule has 0 unspecified atom stereocenters. The molecule has 1 aromatic carbocycles. The Hall–Kier alpha value is -2.62. The van der Waals surface area contributed by atoms with E-state index in [1.54, 1.807) is 14.1 Å². The van der Waals surface area contributed by atoms with Crippen molar-refractivity contribution in [3.05, 3.63) is 59.4 Å². The van der Waals surface area contributed by atoms with Crippen molar-refractivity contribution in [2.75, 3.05) is 14.1 Å². The number of hydrogen-bond donors (Lipinski definition) is 0. The minimum absolute atomic E-state index is 0.750. The van der Waals surface area contributed by atoms with Crippen LogP contribution in [0.1, 0.15) is 23.7 Å². The molecule has 0 saturated carbocycles. The Balaban J connectivity index is 0.000000368. The van der Waals surface area contributed by atoms with Crippen LogP contribution in [0.15, 0.2) is 42.6 Å². The van der Waals surface area contributed by atoms with Gasteiger partial charge in [-0.1, -0.05) is 42.8 Å². The van der Waals surface area contributed by atoms with E-state index in [0.717, 1.165) is 24.2 Å². The third-order valence-corrected chi connectivity index (χ3v) is 3.74. The molecule has 1 amide bonds. The van der Waals surface area contributed by atoms with Crippen molar-refractivity contribution in [1.29, 1.82) is 0 Å². The molecule has 0 atom stereocenters. The zero-order chi connectivity index (χ0) is 17.7. The van der Waals surface area contributed by atoms with Gasteiger partial charge in [0.1, 0.15) is 5.65 Å². The molecular formula is C20H25N3O. The number of aromatic nitrogens is 2. The molecule has 0 bridgehead atoms. The average molecular weight is 323 g/mol. The SMILES string of the molecule is CCc1c(-c2ccc(C)cc2)nc2ccc(C)cn12.CN(C)C=O. The Labute approximate surface area is 143 Å². The monoisotopic (exact) mass is 323 g/mol. The van der Waals surface area contributed by atoms with Crippen LogP contribution in [0.25, 0.3) is 16.9 Å². The number of rotatable bonds is 3. The summed E-state index contributed by atoms with van der Waals surface area (Å²) in [4.78, 5) is 15.7. The molecule has 2 heterocycles. The van der Waals surface area contributed by atoms with Gasteiger partial charge in [0.05, 0.1) is 11.4 Å². The van der Waals surface area contributed by atoms with E-state index in [2.05, 4.69) is 67.8 Å². The van der Waals surface area contributed by atoms with E-state index in [1.807, 2.05) is 0 Å². The van der Waals surface area contributed by atoms with Gasteiger partial charge in [0.25, 0.3) is 0 Å². The second kappa shape index (κ2) is 7.77. The molecule has 0 spiro atoms. The second-order valence-corrected chi connectivity index (χ2v) is 6.13. The van der Waals surface area contributed by atoms with Crippen LogP contribution in [0, 0.1) is 13.8 Å². The molecule has 126 valence electrons. The predicted molar refractivity (Wildman–Crippen MR) is 99.2 cm³/mol. The summed E-state index contributed by atoms with van der Waals surface area (Å²) in [5.41, 5.74) is 7.15. The van der Waals surface area contributed by atoms with Crippen molar-refractivity contribution < 1.29 is 4.79 Å². The molecular weight excluding hydrogens is 298 g/mol. The van der Waals surface area contributed by atoms with Gasteiger partial charge < -0.3 is 9.30 Å². The number of amides is 1. The smallest absolute Gasteiger partial charge is 0.209 e. The average Bonchev–Trinajstić information content (AvgIpc) is 2.93. The summed E-state index contributed by atoms with van der Waals surface area (Å²) in [6.07, 6.45) is 3.90. The summed E-state index contributed by atoms with van der Waals surface area (Å²) >= 11 is 0. The highest BCUT2D eigenvalue weighted by Gasteiger charge is 2.12. The van der Waals surface area contributed by atoms with Gasteiger partial charge in [-0.3, -0.25) is 4.79 Å². The van der Waals surface area contributed by atoms with Gasteiger partial charge in [0.15, 0.2) is 0 Å². The molecule has 0 saturated heterocycles. The van der Waals surface area contributed by atoms with Crippen LogP contribution in [0.3, 0.4) is 0 Å². The highest BCUT2D eigenvalue weighted by molar-refractivity contribution is 5.67.